The largest absolute Gasteiger partial charge is 0.348 e. The van der Waals surface area contributed by atoms with Crippen LogP contribution in [0.15, 0.2) is 5.38 Å². The van der Waals surface area contributed by atoms with Crippen LogP contribution in [0.5, 0.6) is 0 Å². The summed E-state index contributed by atoms with van der Waals surface area (Å²) in [6.07, 6.45) is 2.81. The second kappa shape index (κ2) is 6.80. The van der Waals surface area contributed by atoms with Gasteiger partial charge in [-0.1, -0.05) is 0 Å². The smallest absolute Gasteiger partial charge is 0.236 e. The van der Waals surface area contributed by atoms with Gasteiger partial charge in [0, 0.05) is 32.6 Å². The lowest BCUT2D eigenvalue weighted by Gasteiger charge is -2.39. The zero-order valence-electron chi connectivity index (χ0n) is 14.7. The van der Waals surface area contributed by atoms with Crippen LogP contribution < -0.4 is 0 Å². The van der Waals surface area contributed by atoms with E-state index in [1.807, 2.05) is 17.2 Å². The second-order valence-electron chi connectivity index (χ2n) is 7.22. The predicted molar refractivity (Wildman–Crippen MR) is 93.7 cm³/mol. The van der Waals surface area contributed by atoms with Crippen molar-refractivity contribution in [3.8, 4) is 0 Å². The quantitative estimate of drug-likeness (QED) is 0.823. The van der Waals surface area contributed by atoms with Crippen LogP contribution in [0, 0.1) is 12.3 Å². The molecule has 24 heavy (non-hydrogen) atoms. The molecule has 0 saturated carbocycles. The van der Waals surface area contributed by atoms with Gasteiger partial charge in [-0.05, 0) is 32.7 Å². The Morgan fingerprint density at radius 2 is 2.17 bits per heavy atom. The minimum absolute atomic E-state index is 0.104. The van der Waals surface area contributed by atoms with Gasteiger partial charge in [-0.2, -0.15) is 0 Å². The molecule has 2 amide bonds. The Morgan fingerprint density at radius 3 is 2.83 bits per heavy atom. The van der Waals surface area contributed by atoms with Gasteiger partial charge in [-0.25, -0.2) is 4.98 Å². The summed E-state index contributed by atoms with van der Waals surface area (Å²) in [5.41, 5.74) is 0.689. The molecule has 2 fully saturated rings. The summed E-state index contributed by atoms with van der Waals surface area (Å²) in [6, 6.07) is 0. The number of likely N-dealkylation sites (tertiary alicyclic amines) is 2. The summed E-state index contributed by atoms with van der Waals surface area (Å²) < 4.78 is 0. The topological polar surface area (TPSA) is 56.8 Å². The molecular weight excluding hydrogens is 324 g/mol. The second-order valence-corrected chi connectivity index (χ2v) is 8.28. The Balaban J connectivity index is 1.65. The van der Waals surface area contributed by atoms with Crippen molar-refractivity contribution < 1.29 is 9.59 Å². The lowest BCUT2D eigenvalue weighted by molar-refractivity contribution is -0.141. The zero-order chi connectivity index (χ0) is 17.3. The summed E-state index contributed by atoms with van der Waals surface area (Å²) in [5.74, 6) is 0.349. The minimum Gasteiger partial charge on any atom is -0.348 e. The Bertz CT molecular complexity index is 630. The number of carbonyl (C=O) groups is 2. The fourth-order valence-electron chi connectivity index (χ4n) is 3.79. The van der Waals surface area contributed by atoms with E-state index in [-0.39, 0.29) is 17.2 Å². The van der Waals surface area contributed by atoms with Crippen molar-refractivity contribution in [2.45, 2.75) is 32.7 Å². The van der Waals surface area contributed by atoms with Crippen molar-refractivity contribution in [2.24, 2.45) is 5.41 Å². The fourth-order valence-corrected chi connectivity index (χ4v) is 4.40. The highest BCUT2D eigenvalue weighted by Gasteiger charge is 2.48. The lowest BCUT2D eigenvalue weighted by atomic mass is 9.78. The minimum atomic E-state index is -0.296. The first-order valence-electron chi connectivity index (χ1n) is 8.52. The van der Waals surface area contributed by atoms with Crippen LogP contribution in [0.25, 0.3) is 0 Å². The molecule has 1 atom stereocenters. The molecule has 0 aliphatic carbocycles. The zero-order valence-corrected chi connectivity index (χ0v) is 15.6. The summed E-state index contributed by atoms with van der Waals surface area (Å²) in [6.45, 7) is 5.42. The fraction of sp³-hybridized carbons (Fsp3) is 0.706. The number of rotatable bonds is 4. The van der Waals surface area contributed by atoms with E-state index in [0.717, 1.165) is 43.1 Å². The van der Waals surface area contributed by atoms with Crippen molar-refractivity contribution in [3.05, 3.63) is 16.1 Å². The highest BCUT2D eigenvalue weighted by atomic mass is 32.1. The van der Waals surface area contributed by atoms with Gasteiger partial charge in [0.2, 0.25) is 11.8 Å². The van der Waals surface area contributed by atoms with Gasteiger partial charge in [0.25, 0.3) is 0 Å². The number of aryl methyl sites for hydroxylation is 1. The van der Waals surface area contributed by atoms with Crippen LogP contribution in [0.2, 0.25) is 0 Å². The van der Waals surface area contributed by atoms with Crippen LogP contribution in [-0.4, -0.2) is 71.8 Å². The van der Waals surface area contributed by atoms with Gasteiger partial charge in [-0.15, -0.1) is 11.3 Å². The molecule has 0 aromatic carbocycles. The van der Waals surface area contributed by atoms with Crippen LogP contribution in [-0.2, 0) is 16.1 Å². The summed E-state index contributed by atoms with van der Waals surface area (Å²) in [4.78, 5) is 35.2. The third-order valence-electron chi connectivity index (χ3n) is 5.13. The van der Waals surface area contributed by atoms with E-state index in [9.17, 15) is 9.59 Å². The molecule has 6 nitrogen and oxygen atoms in total. The first kappa shape index (κ1) is 17.4. The number of likely N-dealkylation sites (N-methyl/N-ethyl adjacent to an activating group) is 1. The number of hydrogen-bond acceptors (Lipinski definition) is 5. The number of nitrogens with zero attached hydrogens (tertiary/aromatic N) is 4. The predicted octanol–water partition coefficient (Wildman–Crippen LogP) is 1.35. The maximum absolute atomic E-state index is 13.0. The van der Waals surface area contributed by atoms with E-state index >= 15 is 0 Å². The number of amides is 2. The molecule has 0 radical (unpaired) electrons. The summed E-state index contributed by atoms with van der Waals surface area (Å²) >= 11 is 1.63. The normalized spacial score (nSPS) is 24.8. The van der Waals surface area contributed by atoms with Crippen molar-refractivity contribution in [3.63, 3.8) is 0 Å². The summed E-state index contributed by atoms with van der Waals surface area (Å²) in [5, 5.41) is 3.08. The van der Waals surface area contributed by atoms with Crippen molar-refractivity contribution in [2.75, 3.05) is 40.3 Å². The first-order chi connectivity index (χ1) is 11.4. The molecule has 0 N–H and O–H groups in total. The maximum Gasteiger partial charge on any atom is 0.236 e. The standard InChI is InChI=1S/C17H26N4O2S/c1-13-18-14(11-24-13)9-21-8-6-17(16(21)23)5-4-7-20(12-17)10-15(22)19(2)3/h11H,4-10,12H2,1-3H3/t17-/m0/s1. The average molecular weight is 350 g/mol. The number of piperidine rings is 1. The molecular formula is C17H26N4O2S. The molecule has 2 aliphatic rings. The number of hydrogen-bond donors (Lipinski definition) is 0. The van der Waals surface area contributed by atoms with E-state index in [0.29, 0.717) is 19.6 Å². The van der Waals surface area contributed by atoms with Crippen LogP contribution in [0.1, 0.15) is 30.0 Å². The maximum atomic E-state index is 13.0. The van der Waals surface area contributed by atoms with E-state index < -0.39 is 0 Å². The monoisotopic (exact) mass is 350 g/mol. The molecule has 2 saturated heterocycles. The van der Waals surface area contributed by atoms with Crippen LogP contribution in [0.4, 0.5) is 0 Å². The molecule has 3 heterocycles. The molecule has 7 heteroatoms. The van der Waals surface area contributed by atoms with Crippen LogP contribution in [0.3, 0.4) is 0 Å². The third-order valence-corrected chi connectivity index (χ3v) is 5.96. The Labute approximate surface area is 147 Å². The highest BCUT2D eigenvalue weighted by molar-refractivity contribution is 7.09. The van der Waals surface area contributed by atoms with Gasteiger partial charge < -0.3 is 9.80 Å². The number of thiazole rings is 1. The lowest BCUT2D eigenvalue weighted by Crippen LogP contribution is -2.50. The number of carbonyl (C=O) groups excluding carboxylic acids is 2. The molecule has 1 aromatic rings. The number of aromatic nitrogens is 1. The van der Waals surface area contributed by atoms with Gasteiger partial charge in [-0.3, -0.25) is 14.5 Å². The SMILES string of the molecule is Cc1nc(CN2CC[C@]3(CCCN(CC(=O)N(C)C)C3)C2=O)cs1. The molecule has 1 aromatic heterocycles. The van der Waals surface area contributed by atoms with E-state index in [4.69, 9.17) is 0 Å². The van der Waals surface area contributed by atoms with E-state index in [1.54, 1.807) is 30.3 Å². The van der Waals surface area contributed by atoms with Gasteiger partial charge >= 0.3 is 0 Å². The molecule has 3 rings (SSSR count). The van der Waals surface area contributed by atoms with Crippen molar-refractivity contribution in [1.29, 1.82) is 0 Å². The molecule has 0 unspecified atom stereocenters. The van der Waals surface area contributed by atoms with Gasteiger partial charge in [0.1, 0.15) is 0 Å². The van der Waals surface area contributed by atoms with Gasteiger partial charge in [0.15, 0.2) is 0 Å². The van der Waals surface area contributed by atoms with Crippen molar-refractivity contribution >= 4 is 23.2 Å². The molecule has 132 valence electrons. The first-order valence-corrected chi connectivity index (χ1v) is 9.40. The van der Waals surface area contributed by atoms with E-state index in [2.05, 4.69) is 9.88 Å². The third kappa shape index (κ3) is 3.47. The average Bonchev–Trinajstić information content (AvgIpc) is 3.07. The van der Waals surface area contributed by atoms with Gasteiger partial charge in [0.05, 0.1) is 29.2 Å². The molecule has 1 spiro atoms. The Morgan fingerprint density at radius 1 is 1.38 bits per heavy atom. The summed E-state index contributed by atoms with van der Waals surface area (Å²) in [7, 11) is 3.56. The van der Waals surface area contributed by atoms with E-state index in [1.165, 1.54) is 0 Å². The highest BCUT2D eigenvalue weighted by Crippen LogP contribution is 2.40. The van der Waals surface area contributed by atoms with Crippen molar-refractivity contribution in [1.82, 2.24) is 19.7 Å². The molecule has 2 aliphatic heterocycles. The molecule has 0 bridgehead atoms. The Hall–Kier alpha value is -1.47. The Kier molecular flexibility index (Phi) is 4.92. The van der Waals surface area contributed by atoms with Crippen LogP contribution >= 0.6 is 11.3 Å².